The van der Waals surface area contributed by atoms with E-state index >= 15 is 0 Å². The van der Waals surface area contributed by atoms with Gasteiger partial charge in [-0.1, -0.05) is 37.6 Å². The molecule has 5 rings (SSSR count). The second-order valence-corrected chi connectivity index (χ2v) is 8.86. The number of benzene rings is 1. The molecule has 4 aromatic heterocycles. The first-order chi connectivity index (χ1) is 18.1. The zero-order valence-electron chi connectivity index (χ0n) is 21.2. The van der Waals surface area contributed by atoms with E-state index in [4.69, 9.17) is 4.98 Å². The van der Waals surface area contributed by atoms with Crippen molar-refractivity contribution in [3.63, 3.8) is 0 Å². The van der Waals surface area contributed by atoms with Crippen LogP contribution in [0.15, 0.2) is 67.3 Å². The normalized spacial score (nSPS) is 12.1. The smallest absolute Gasteiger partial charge is 0.224 e. The fourth-order valence-corrected chi connectivity index (χ4v) is 4.38. The Kier molecular flexibility index (Phi) is 6.89. The van der Waals surface area contributed by atoms with Crippen molar-refractivity contribution in [2.24, 2.45) is 0 Å². The van der Waals surface area contributed by atoms with Crippen LogP contribution in [-0.2, 0) is 4.79 Å². The van der Waals surface area contributed by atoms with Gasteiger partial charge in [0.15, 0.2) is 5.82 Å². The number of allylic oxidation sites excluding steroid dienone is 4. The highest BCUT2D eigenvalue weighted by atomic mass is 16.1. The van der Waals surface area contributed by atoms with Crippen molar-refractivity contribution in [3.05, 3.63) is 72.8 Å². The second kappa shape index (κ2) is 10.6. The zero-order chi connectivity index (χ0) is 25.8. The van der Waals surface area contributed by atoms with Crippen molar-refractivity contribution in [1.29, 1.82) is 0 Å². The van der Waals surface area contributed by atoms with Crippen molar-refractivity contribution in [3.8, 4) is 22.6 Å². The highest BCUT2D eigenvalue weighted by molar-refractivity contribution is 5.98. The van der Waals surface area contributed by atoms with E-state index in [1.54, 1.807) is 18.6 Å². The van der Waals surface area contributed by atoms with Crippen molar-refractivity contribution in [2.45, 2.75) is 40.0 Å². The van der Waals surface area contributed by atoms with Crippen molar-refractivity contribution in [1.82, 2.24) is 30.1 Å². The van der Waals surface area contributed by atoms with Crippen LogP contribution < -0.4 is 5.32 Å². The summed E-state index contributed by atoms with van der Waals surface area (Å²) in [7, 11) is 0. The Hall–Kier alpha value is -4.59. The minimum absolute atomic E-state index is 0.00243. The number of aromatic nitrogens is 6. The van der Waals surface area contributed by atoms with E-state index in [1.165, 1.54) is 0 Å². The summed E-state index contributed by atoms with van der Waals surface area (Å²) in [4.78, 5) is 29.2. The predicted octanol–water partition coefficient (Wildman–Crippen LogP) is 6.67. The molecule has 4 heterocycles. The minimum atomic E-state index is 0.00243. The summed E-state index contributed by atoms with van der Waals surface area (Å²) in [5.74, 6) is 0.668. The third kappa shape index (κ3) is 4.91. The lowest BCUT2D eigenvalue weighted by atomic mass is 10.0. The SMILES string of the molecule is C/C=C\C(=C/C)c1cncc2[nH]c(-c3n[nH]c4ccc(-c5cncc(NC(=O)CCCC)c5)cc34)nc12. The average Bonchev–Trinajstić information content (AvgIpc) is 3.54. The summed E-state index contributed by atoms with van der Waals surface area (Å²) >= 11 is 0. The standard InChI is InChI=1S/C29H29N7O/c1-4-7-9-26(37)32-21-12-20(14-30-15-21)19-10-11-24-22(13-19)28(36-35-24)29-33-25-17-31-16-23(27(25)34-29)18(6-3)8-5-2/h5-6,8,10-17H,4,7,9H2,1-3H3,(H,32,37)(H,33,34)(H,35,36)/b8-5-,18-6+. The fraction of sp³-hybridized carbons (Fsp3) is 0.207. The van der Waals surface area contributed by atoms with Gasteiger partial charge in [0.2, 0.25) is 5.91 Å². The van der Waals surface area contributed by atoms with Crippen LogP contribution >= 0.6 is 0 Å². The van der Waals surface area contributed by atoms with Gasteiger partial charge < -0.3 is 10.3 Å². The lowest BCUT2D eigenvalue weighted by molar-refractivity contribution is -0.116. The first-order valence-corrected chi connectivity index (χ1v) is 12.5. The number of imidazole rings is 1. The third-order valence-electron chi connectivity index (χ3n) is 6.26. The van der Waals surface area contributed by atoms with E-state index in [9.17, 15) is 4.79 Å². The average molecular weight is 492 g/mol. The summed E-state index contributed by atoms with van der Waals surface area (Å²) < 4.78 is 0. The topological polar surface area (TPSA) is 112 Å². The van der Waals surface area contributed by atoms with Crippen LogP contribution in [0.2, 0.25) is 0 Å². The van der Waals surface area contributed by atoms with E-state index in [0.29, 0.717) is 17.9 Å². The Morgan fingerprint density at radius 1 is 1.03 bits per heavy atom. The Labute approximate surface area is 215 Å². The number of hydrogen-bond acceptors (Lipinski definition) is 5. The van der Waals surface area contributed by atoms with E-state index < -0.39 is 0 Å². The second-order valence-electron chi connectivity index (χ2n) is 8.86. The van der Waals surface area contributed by atoms with Crippen molar-refractivity contribution in [2.75, 3.05) is 5.32 Å². The summed E-state index contributed by atoms with van der Waals surface area (Å²) in [6.07, 6.45) is 15.5. The first kappa shape index (κ1) is 24.1. The molecule has 0 aliphatic heterocycles. The Bertz CT molecular complexity index is 1640. The molecule has 0 atom stereocenters. The quantitative estimate of drug-likeness (QED) is 0.210. The molecule has 0 aliphatic carbocycles. The number of hydrogen-bond donors (Lipinski definition) is 3. The number of rotatable bonds is 8. The maximum absolute atomic E-state index is 12.2. The van der Waals surface area contributed by atoms with Crippen LogP contribution in [0, 0.1) is 0 Å². The number of H-pyrrole nitrogens is 2. The molecule has 0 unspecified atom stereocenters. The number of pyridine rings is 2. The third-order valence-corrected chi connectivity index (χ3v) is 6.26. The molecule has 0 bridgehead atoms. The van der Waals surface area contributed by atoms with E-state index in [2.05, 4.69) is 55.6 Å². The molecule has 0 radical (unpaired) electrons. The Morgan fingerprint density at radius 2 is 1.89 bits per heavy atom. The number of unbranched alkanes of at least 4 members (excludes halogenated alkanes) is 1. The molecule has 5 aromatic rings. The van der Waals surface area contributed by atoms with Crippen LogP contribution in [0.3, 0.4) is 0 Å². The van der Waals surface area contributed by atoms with E-state index in [1.807, 2.05) is 44.3 Å². The monoisotopic (exact) mass is 491 g/mol. The van der Waals surface area contributed by atoms with Crippen LogP contribution in [-0.4, -0.2) is 36.0 Å². The van der Waals surface area contributed by atoms with Gasteiger partial charge in [-0.3, -0.25) is 19.9 Å². The van der Waals surface area contributed by atoms with Gasteiger partial charge in [-0.25, -0.2) is 4.98 Å². The maximum atomic E-state index is 12.2. The Morgan fingerprint density at radius 3 is 2.70 bits per heavy atom. The molecule has 0 saturated carbocycles. The first-order valence-electron chi connectivity index (χ1n) is 12.5. The molecule has 186 valence electrons. The molecule has 0 saturated heterocycles. The molecule has 1 amide bonds. The molecule has 3 N–H and O–H groups in total. The van der Waals surface area contributed by atoms with Crippen molar-refractivity contribution < 1.29 is 4.79 Å². The number of anilines is 1. The van der Waals surface area contributed by atoms with Gasteiger partial charge in [-0.15, -0.1) is 0 Å². The highest BCUT2D eigenvalue weighted by Crippen LogP contribution is 2.32. The summed E-state index contributed by atoms with van der Waals surface area (Å²) in [6.45, 7) is 6.07. The van der Waals surface area contributed by atoms with E-state index in [0.717, 1.165) is 62.7 Å². The molecular weight excluding hydrogens is 462 g/mol. The molecule has 0 spiro atoms. The number of nitrogens with one attached hydrogen (secondary N) is 3. The number of carbonyl (C=O) groups is 1. The zero-order valence-corrected chi connectivity index (χ0v) is 21.2. The van der Waals surface area contributed by atoms with Gasteiger partial charge in [0.1, 0.15) is 5.69 Å². The number of fused-ring (bicyclic) bond motifs is 2. The molecule has 8 nitrogen and oxygen atoms in total. The molecule has 8 heteroatoms. The van der Waals surface area contributed by atoms with Gasteiger partial charge in [-0.2, -0.15) is 5.10 Å². The van der Waals surface area contributed by atoms with Crippen LogP contribution in [0.25, 0.3) is 50.2 Å². The predicted molar refractivity (Wildman–Crippen MR) is 149 cm³/mol. The largest absolute Gasteiger partial charge is 0.335 e. The van der Waals surface area contributed by atoms with Gasteiger partial charge in [0, 0.05) is 35.3 Å². The van der Waals surface area contributed by atoms with Gasteiger partial charge in [0.25, 0.3) is 0 Å². The number of nitrogens with zero attached hydrogens (tertiary/aromatic N) is 4. The molecule has 37 heavy (non-hydrogen) atoms. The summed E-state index contributed by atoms with van der Waals surface area (Å²) in [5, 5.41) is 11.6. The number of carbonyl (C=O) groups excluding carboxylic acids is 1. The molecule has 0 fully saturated rings. The Balaban J connectivity index is 1.52. The molecule has 0 aliphatic rings. The van der Waals surface area contributed by atoms with Crippen molar-refractivity contribution >= 4 is 39.1 Å². The van der Waals surface area contributed by atoms with Crippen LogP contribution in [0.4, 0.5) is 5.69 Å². The molecule has 1 aromatic carbocycles. The van der Waals surface area contributed by atoms with E-state index in [-0.39, 0.29) is 5.91 Å². The molecular formula is C29H29N7O. The lowest BCUT2D eigenvalue weighted by Crippen LogP contribution is -2.11. The summed E-state index contributed by atoms with van der Waals surface area (Å²) in [6, 6.07) is 8.02. The van der Waals surface area contributed by atoms with Crippen LogP contribution in [0.5, 0.6) is 0 Å². The minimum Gasteiger partial charge on any atom is -0.335 e. The number of aromatic amines is 2. The highest BCUT2D eigenvalue weighted by Gasteiger charge is 2.16. The lowest BCUT2D eigenvalue weighted by Gasteiger charge is -2.07. The maximum Gasteiger partial charge on any atom is 0.224 e. The van der Waals surface area contributed by atoms with Crippen LogP contribution in [0.1, 0.15) is 45.6 Å². The number of amides is 1. The van der Waals surface area contributed by atoms with Gasteiger partial charge in [0.05, 0.1) is 34.6 Å². The fourth-order valence-electron chi connectivity index (χ4n) is 4.38. The van der Waals surface area contributed by atoms with Gasteiger partial charge >= 0.3 is 0 Å². The summed E-state index contributed by atoms with van der Waals surface area (Å²) in [5.41, 5.74) is 7.90. The van der Waals surface area contributed by atoms with Gasteiger partial charge in [-0.05, 0) is 49.6 Å².